The second-order valence-electron chi connectivity index (χ2n) is 4.68. The van der Waals surface area contributed by atoms with Crippen LogP contribution < -0.4 is 0 Å². The van der Waals surface area contributed by atoms with Gasteiger partial charge in [-0.2, -0.15) is 0 Å². The minimum absolute atomic E-state index is 0.642. The Hall–Kier alpha value is 0.130. The van der Waals surface area contributed by atoms with Crippen LogP contribution in [0.15, 0.2) is 0 Å². The zero-order valence-electron chi connectivity index (χ0n) is 11.4. The van der Waals surface area contributed by atoms with Crippen LogP contribution in [0.5, 0.6) is 0 Å². The fourth-order valence-electron chi connectivity index (χ4n) is 2.14. The number of halogens is 1. The summed E-state index contributed by atoms with van der Waals surface area (Å²) in [5.74, 6) is 1.45. The Labute approximate surface area is 116 Å². The second-order valence-corrected chi connectivity index (χ2v) is 4.99. The average Bonchev–Trinajstić information content (AvgIpc) is 2.42. The van der Waals surface area contributed by atoms with Crippen LogP contribution in [0.1, 0.15) is 12.8 Å². The molecule has 1 heterocycles. The van der Waals surface area contributed by atoms with Gasteiger partial charge in [0.05, 0.1) is 33.0 Å². The molecule has 18 heavy (non-hydrogen) atoms. The van der Waals surface area contributed by atoms with Gasteiger partial charge in [-0.1, -0.05) is 0 Å². The Morgan fingerprint density at radius 2 is 1.83 bits per heavy atom. The largest absolute Gasteiger partial charge is 0.382 e. The highest BCUT2D eigenvalue weighted by atomic mass is 35.5. The average molecular weight is 280 g/mol. The lowest BCUT2D eigenvalue weighted by atomic mass is 10.0. The lowest BCUT2D eigenvalue weighted by molar-refractivity contribution is 0.0170. The summed E-state index contributed by atoms with van der Waals surface area (Å²) in [7, 11) is 1.67. The molecule has 1 unspecified atom stereocenters. The van der Waals surface area contributed by atoms with E-state index < -0.39 is 0 Å². The van der Waals surface area contributed by atoms with Crippen molar-refractivity contribution in [2.45, 2.75) is 12.8 Å². The third-order valence-electron chi connectivity index (χ3n) is 3.18. The first kappa shape index (κ1) is 16.2. The highest BCUT2D eigenvalue weighted by Crippen LogP contribution is 2.16. The van der Waals surface area contributed by atoms with Crippen molar-refractivity contribution in [1.82, 2.24) is 4.90 Å². The molecule has 5 heteroatoms. The van der Waals surface area contributed by atoms with Crippen molar-refractivity contribution in [2.75, 3.05) is 65.7 Å². The molecule has 0 aromatic rings. The SMILES string of the molecule is COCCOCCOCCN1CCCC(CCl)C1. The van der Waals surface area contributed by atoms with Crippen LogP contribution in [0.4, 0.5) is 0 Å². The lowest BCUT2D eigenvalue weighted by Gasteiger charge is -2.31. The van der Waals surface area contributed by atoms with E-state index in [0.29, 0.717) is 32.3 Å². The molecule has 0 aromatic heterocycles. The molecule has 1 atom stereocenters. The maximum Gasteiger partial charge on any atom is 0.0701 e. The summed E-state index contributed by atoms with van der Waals surface area (Å²) in [6.07, 6.45) is 2.53. The van der Waals surface area contributed by atoms with Gasteiger partial charge < -0.3 is 19.1 Å². The molecule has 0 aliphatic carbocycles. The predicted octanol–water partition coefficient (Wildman–Crippen LogP) is 1.62. The molecule has 1 fully saturated rings. The van der Waals surface area contributed by atoms with Crippen LogP contribution in [0.3, 0.4) is 0 Å². The van der Waals surface area contributed by atoms with Gasteiger partial charge in [0.25, 0.3) is 0 Å². The smallest absolute Gasteiger partial charge is 0.0701 e. The van der Waals surface area contributed by atoms with Gasteiger partial charge >= 0.3 is 0 Å². The van der Waals surface area contributed by atoms with Crippen LogP contribution in [-0.4, -0.2) is 70.6 Å². The van der Waals surface area contributed by atoms with Gasteiger partial charge in [-0.25, -0.2) is 0 Å². The first-order valence-corrected chi connectivity index (χ1v) is 7.33. The van der Waals surface area contributed by atoms with Crippen molar-refractivity contribution in [3.8, 4) is 0 Å². The number of methoxy groups -OCH3 is 1. The van der Waals surface area contributed by atoms with Crippen LogP contribution in [0.2, 0.25) is 0 Å². The first-order chi connectivity index (χ1) is 8.86. The van der Waals surface area contributed by atoms with Gasteiger partial charge in [0.2, 0.25) is 0 Å². The molecule has 0 spiro atoms. The fraction of sp³-hybridized carbons (Fsp3) is 1.00. The van der Waals surface area contributed by atoms with E-state index in [1.165, 1.54) is 19.4 Å². The highest BCUT2D eigenvalue weighted by molar-refractivity contribution is 6.18. The van der Waals surface area contributed by atoms with Crippen LogP contribution in [-0.2, 0) is 14.2 Å². The monoisotopic (exact) mass is 279 g/mol. The van der Waals surface area contributed by atoms with E-state index in [4.69, 9.17) is 25.8 Å². The number of alkyl halides is 1. The molecule has 0 bridgehead atoms. The van der Waals surface area contributed by atoms with Crippen LogP contribution in [0, 0.1) is 5.92 Å². The van der Waals surface area contributed by atoms with Gasteiger partial charge in [0, 0.05) is 26.1 Å². The first-order valence-electron chi connectivity index (χ1n) is 6.79. The molecule has 4 nitrogen and oxygen atoms in total. The molecule has 0 amide bonds. The van der Waals surface area contributed by atoms with Gasteiger partial charge in [0.15, 0.2) is 0 Å². The van der Waals surface area contributed by atoms with Gasteiger partial charge in [-0.3, -0.25) is 0 Å². The summed E-state index contributed by atoms with van der Waals surface area (Å²) in [5.41, 5.74) is 0. The molecule has 108 valence electrons. The Morgan fingerprint density at radius 3 is 2.56 bits per heavy atom. The Balaban J connectivity index is 1.88. The van der Waals surface area contributed by atoms with Crippen LogP contribution in [0.25, 0.3) is 0 Å². The van der Waals surface area contributed by atoms with E-state index in [2.05, 4.69) is 4.90 Å². The second kappa shape index (κ2) is 11.0. The highest BCUT2D eigenvalue weighted by Gasteiger charge is 2.18. The molecule has 0 radical (unpaired) electrons. The predicted molar refractivity (Wildman–Crippen MR) is 73.4 cm³/mol. The number of hydrogen-bond donors (Lipinski definition) is 0. The molecule has 0 aromatic carbocycles. The van der Waals surface area contributed by atoms with Gasteiger partial charge in [-0.15, -0.1) is 11.6 Å². The molecule has 1 rings (SSSR count). The molecule has 0 saturated carbocycles. The number of rotatable bonds is 10. The standard InChI is InChI=1S/C13H26ClNO3/c1-16-7-8-18-10-9-17-6-5-15-4-2-3-13(11-14)12-15/h13H,2-12H2,1H3. The normalized spacial score (nSPS) is 21.3. The molecular formula is C13H26ClNO3. The molecule has 1 aliphatic rings. The third-order valence-corrected chi connectivity index (χ3v) is 3.61. The summed E-state index contributed by atoms with van der Waals surface area (Å²) in [4.78, 5) is 2.45. The number of nitrogens with zero attached hydrogens (tertiary/aromatic N) is 1. The summed E-state index contributed by atoms with van der Waals surface area (Å²) in [6.45, 7) is 6.69. The lowest BCUT2D eigenvalue weighted by Crippen LogP contribution is -2.38. The maximum absolute atomic E-state index is 5.91. The minimum atomic E-state index is 0.642. The van der Waals surface area contributed by atoms with Crippen LogP contribution >= 0.6 is 11.6 Å². The van der Waals surface area contributed by atoms with E-state index in [9.17, 15) is 0 Å². The number of likely N-dealkylation sites (tertiary alicyclic amines) is 1. The topological polar surface area (TPSA) is 30.9 Å². The summed E-state index contributed by atoms with van der Waals surface area (Å²) in [5, 5.41) is 0. The van der Waals surface area contributed by atoms with E-state index >= 15 is 0 Å². The summed E-state index contributed by atoms with van der Waals surface area (Å²) < 4.78 is 15.8. The number of ether oxygens (including phenoxy) is 3. The van der Waals surface area contributed by atoms with Crippen molar-refractivity contribution >= 4 is 11.6 Å². The summed E-state index contributed by atoms with van der Waals surface area (Å²) in [6, 6.07) is 0. The zero-order valence-corrected chi connectivity index (χ0v) is 12.2. The Morgan fingerprint density at radius 1 is 1.11 bits per heavy atom. The Bertz CT molecular complexity index is 195. The molecule has 1 saturated heterocycles. The molecule has 1 aliphatic heterocycles. The van der Waals surface area contributed by atoms with Crippen molar-refractivity contribution < 1.29 is 14.2 Å². The van der Waals surface area contributed by atoms with E-state index in [1.807, 2.05) is 0 Å². The maximum atomic E-state index is 5.91. The van der Waals surface area contributed by atoms with Gasteiger partial charge in [-0.05, 0) is 25.3 Å². The van der Waals surface area contributed by atoms with E-state index in [1.54, 1.807) is 7.11 Å². The van der Waals surface area contributed by atoms with E-state index in [0.717, 1.165) is 25.6 Å². The molecule has 0 N–H and O–H groups in total. The van der Waals surface area contributed by atoms with E-state index in [-0.39, 0.29) is 0 Å². The Kier molecular flexibility index (Phi) is 9.89. The quantitative estimate of drug-likeness (QED) is 0.449. The zero-order chi connectivity index (χ0) is 13.1. The van der Waals surface area contributed by atoms with Crippen molar-refractivity contribution in [2.24, 2.45) is 5.92 Å². The van der Waals surface area contributed by atoms with Crippen molar-refractivity contribution in [3.63, 3.8) is 0 Å². The van der Waals surface area contributed by atoms with Crippen molar-refractivity contribution in [1.29, 1.82) is 0 Å². The fourth-order valence-corrected chi connectivity index (χ4v) is 2.39. The number of piperidine rings is 1. The van der Waals surface area contributed by atoms with Gasteiger partial charge in [0.1, 0.15) is 0 Å². The summed E-state index contributed by atoms with van der Waals surface area (Å²) >= 11 is 5.91. The third kappa shape index (κ3) is 7.54. The molecular weight excluding hydrogens is 254 g/mol. The number of hydrogen-bond acceptors (Lipinski definition) is 4. The van der Waals surface area contributed by atoms with Crippen molar-refractivity contribution in [3.05, 3.63) is 0 Å². The minimum Gasteiger partial charge on any atom is -0.382 e.